The van der Waals surface area contributed by atoms with Crippen LogP contribution in [-0.2, 0) is 9.53 Å². The molecule has 0 radical (unpaired) electrons. The van der Waals surface area contributed by atoms with Crippen LogP contribution in [0.4, 0.5) is 0 Å². The van der Waals surface area contributed by atoms with Crippen molar-refractivity contribution in [3.8, 4) is 0 Å². The summed E-state index contributed by atoms with van der Waals surface area (Å²) in [4.78, 5) is 11.0. The lowest BCUT2D eigenvalue weighted by atomic mass is 9.72. The number of rotatable bonds is 8. The Morgan fingerprint density at radius 3 is 2.55 bits per heavy atom. The van der Waals surface area contributed by atoms with Gasteiger partial charge in [0.1, 0.15) is 0 Å². The molecule has 0 aromatic heterocycles. The fourth-order valence-corrected chi connectivity index (χ4v) is 4.18. The zero-order valence-corrected chi connectivity index (χ0v) is 14.0. The molecule has 0 heterocycles. The summed E-state index contributed by atoms with van der Waals surface area (Å²) < 4.78 is 6.25. The van der Waals surface area contributed by atoms with E-state index in [4.69, 9.17) is 4.74 Å². The molecule has 3 heteroatoms. The van der Waals surface area contributed by atoms with Crippen molar-refractivity contribution in [2.24, 2.45) is 11.8 Å². The van der Waals surface area contributed by atoms with E-state index in [-0.39, 0.29) is 5.91 Å². The number of hydrogen-bond donors (Lipinski definition) is 1. The molecule has 2 aliphatic carbocycles. The van der Waals surface area contributed by atoms with Crippen LogP contribution in [0.25, 0.3) is 0 Å². The second-order valence-corrected chi connectivity index (χ2v) is 6.96. The van der Waals surface area contributed by atoms with Crippen LogP contribution in [0.2, 0.25) is 0 Å². The molecule has 1 amide bonds. The summed E-state index contributed by atoms with van der Waals surface area (Å²) in [5, 5.41) is 2.82. The van der Waals surface area contributed by atoms with Crippen LogP contribution in [0.3, 0.4) is 0 Å². The quantitative estimate of drug-likeness (QED) is 0.538. The summed E-state index contributed by atoms with van der Waals surface area (Å²) in [6, 6.07) is 0. The van der Waals surface area contributed by atoms with E-state index in [1.807, 2.05) is 0 Å². The number of nitrogens with one attached hydrogen (secondary N) is 1. The van der Waals surface area contributed by atoms with Gasteiger partial charge in [0.05, 0.1) is 6.10 Å². The third-order valence-electron chi connectivity index (χ3n) is 5.40. The Kier molecular flexibility index (Phi) is 8.00. The SMILES string of the molecule is C=CC(=O)NCCCCOC1CCCCC1C1CCCCC1. The van der Waals surface area contributed by atoms with Crippen LogP contribution in [0.15, 0.2) is 12.7 Å². The van der Waals surface area contributed by atoms with Gasteiger partial charge in [0.15, 0.2) is 0 Å². The van der Waals surface area contributed by atoms with Crippen molar-refractivity contribution < 1.29 is 9.53 Å². The zero-order valence-electron chi connectivity index (χ0n) is 14.0. The molecule has 0 spiro atoms. The van der Waals surface area contributed by atoms with Crippen molar-refractivity contribution in [3.05, 3.63) is 12.7 Å². The topological polar surface area (TPSA) is 38.3 Å². The Balaban J connectivity index is 1.63. The minimum absolute atomic E-state index is 0.0782. The Labute approximate surface area is 135 Å². The maximum Gasteiger partial charge on any atom is 0.243 e. The van der Waals surface area contributed by atoms with E-state index in [2.05, 4.69) is 11.9 Å². The molecular weight excluding hydrogens is 274 g/mol. The third kappa shape index (κ3) is 5.75. The van der Waals surface area contributed by atoms with E-state index < -0.39 is 0 Å². The maximum atomic E-state index is 11.0. The van der Waals surface area contributed by atoms with E-state index >= 15 is 0 Å². The van der Waals surface area contributed by atoms with Gasteiger partial charge < -0.3 is 10.1 Å². The van der Waals surface area contributed by atoms with Gasteiger partial charge in [-0.15, -0.1) is 0 Å². The Hall–Kier alpha value is -0.830. The van der Waals surface area contributed by atoms with Gasteiger partial charge in [-0.3, -0.25) is 4.79 Å². The molecule has 0 saturated heterocycles. The standard InChI is InChI=1S/C19H33NO2/c1-2-19(21)20-14-8-9-15-22-18-13-7-6-12-17(18)16-10-4-3-5-11-16/h2,16-18H,1,3-15H2,(H,20,21). The lowest BCUT2D eigenvalue weighted by Gasteiger charge is -2.38. The van der Waals surface area contributed by atoms with Crippen molar-refractivity contribution in [2.75, 3.05) is 13.2 Å². The molecule has 2 rings (SSSR count). The second-order valence-electron chi connectivity index (χ2n) is 6.96. The van der Waals surface area contributed by atoms with E-state index in [1.54, 1.807) is 0 Å². The monoisotopic (exact) mass is 307 g/mol. The maximum absolute atomic E-state index is 11.0. The van der Waals surface area contributed by atoms with Crippen molar-refractivity contribution in [3.63, 3.8) is 0 Å². The predicted octanol–water partition coefficient (Wildman–Crippen LogP) is 4.22. The molecule has 1 N–H and O–H groups in total. The van der Waals surface area contributed by atoms with Crippen LogP contribution >= 0.6 is 0 Å². The van der Waals surface area contributed by atoms with Crippen molar-refractivity contribution >= 4 is 5.91 Å². The van der Waals surface area contributed by atoms with Crippen LogP contribution in [-0.4, -0.2) is 25.2 Å². The molecule has 126 valence electrons. The number of carbonyl (C=O) groups excluding carboxylic acids is 1. The predicted molar refractivity (Wildman–Crippen MR) is 90.7 cm³/mol. The first-order valence-electron chi connectivity index (χ1n) is 9.33. The van der Waals surface area contributed by atoms with Gasteiger partial charge in [-0.05, 0) is 43.6 Å². The van der Waals surface area contributed by atoms with Gasteiger partial charge in [-0.2, -0.15) is 0 Å². The Morgan fingerprint density at radius 1 is 1.05 bits per heavy atom. The zero-order chi connectivity index (χ0) is 15.6. The van der Waals surface area contributed by atoms with Gasteiger partial charge in [0, 0.05) is 13.2 Å². The number of unbranched alkanes of at least 4 members (excludes halogenated alkanes) is 1. The van der Waals surface area contributed by atoms with Crippen molar-refractivity contribution in [2.45, 2.75) is 76.7 Å². The molecule has 2 saturated carbocycles. The van der Waals surface area contributed by atoms with Gasteiger partial charge in [-0.25, -0.2) is 0 Å². The normalized spacial score (nSPS) is 26.5. The van der Waals surface area contributed by atoms with Gasteiger partial charge in [0.25, 0.3) is 0 Å². The molecule has 0 aromatic carbocycles. The molecule has 0 aromatic rings. The lowest BCUT2D eigenvalue weighted by Crippen LogP contribution is -2.34. The first-order valence-corrected chi connectivity index (χ1v) is 9.33. The lowest BCUT2D eigenvalue weighted by molar-refractivity contribution is -0.116. The number of hydrogen-bond acceptors (Lipinski definition) is 2. The van der Waals surface area contributed by atoms with E-state index in [9.17, 15) is 4.79 Å². The van der Waals surface area contributed by atoms with E-state index in [1.165, 1.54) is 63.9 Å². The Morgan fingerprint density at radius 2 is 1.77 bits per heavy atom. The Bertz CT molecular complexity index is 336. The molecule has 2 atom stereocenters. The fourth-order valence-electron chi connectivity index (χ4n) is 4.18. The van der Waals surface area contributed by atoms with Gasteiger partial charge in [0.2, 0.25) is 5.91 Å². The number of carbonyl (C=O) groups is 1. The highest BCUT2D eigenvalue weighted by molar-refractivity contribution is 5.86. The molecule has 2 aliphatic rings. The summed E-state index contributed by atoms with van der Waals surface area (Å²) in [5.74, 6) is 1.66. The summed E-state index contributed by atoms with van der Waals surface area (Å²) in [6.45, 7) is 5.02. The van der Waals surface area contributed by atoms with Crippen LogP contribution in [0.1, 0.15) is 70.6 Å². The first kappa shape index (κ1) is 17.5. The van der Waals surface area contributed by atoms with Crippen LogP contribution in [0, 0.1) is 11.8 Å². The average Bonchev–Trinajstić information content (AvgIpc) is 2.59. The molecule has 0 bridgehead atoms. The van der Waals surface area contributed by atoms with Gasteiger partial charge >= 0.3 is 0 Å². The highest BCUT2D eigenvalue weighted by atomic mass is 16.5. The second kappa shape index (κ2) is 10.0. The van der Waals surface area contributed by atoms with Crippen LogP contribution < -0.4 is 5.32 Å². The van der Waals surface area contributed by atoms with Gasteiger partial charge in [-0.1, -0.05) is 51.5 Å². The summed E-state index contributed by atoms with van der Waals surface area (Å²) >= 11 is 0. The molecule has 2 unspecified atom stereocenters. The summed E-state index contributed by atoms with van der Waals surface area (Å²) in [6.07, 6.45) is 16.4. The molecule has 2 fully saturated rings. The molecule has 3 nitrogen and oxygen atoms in total. The van der Waals surface area contributed by atoms with Crippen molar-refractivity contribution in [1.29, 1.82) is 0 Å². The average molecular weight is 307 g/mol. The number of ether oxygens (including phenoxy) is 1. The van der Waals surface area contributed by atoms with Crippen LogP contribution in [0.5, 0.6) is 0 Å². The fraction of sp³-hybridized carbons (Fsp3) is 0.842. The highest BCUT2D eigenvalue weighted by Crippen LogP contribution is 2.39. The number of amides is 1. The molecule has 22 heavy (non-hydrogen) atoms. The highest BCUT2D eigenvalue weighted by Gasteiger charge is 2.32. The summed E-state index contributed by atoms with van der Waals surface area (Å²) in [5.41, 5.74) is 0. The smallest absolute Gasteiger partial charge is 0.243 e. The van der Waals surface area contributed by atoms with Crippen molar-refractivity contribution in [1.82, 2.24) is 5.32 Å². The molecular formula is C19H33NO2. The third-order valence-corrected chi connectivity index (χ3v) is 5.40. The van der Waals surface area contributed by atoms with E-state index in [0.29, 0.717) is 6.10 Å². The molecule has 0 aliphatic heterocycles. The summed E-state index contributed by atoms with van der Waals surface area (Å²) in [7, 11) is 0. The largest absolute Gasteiger partial charge is 0.378 e. The van der Waals surface area contributed by atoms with E-state index in [0.717, 1.165) is 37.8 Å². The minimum atomic E-state index is -0.0782. The first-order chi connectivity index (χ1) is 10.8. The minimum Gasteiger partial charge on any atom is -0.378 e.